The van der Waals surface area contributed by atoms with Crippen LogP contribution in [0.4, 0.5) is 4.39 Å². The highest BCUT2D eigenvalue weighted by Crippen LogP contribution is 2.16. The van der Waals surface area contributed by atoms with Crippen LogP contribution in [0.5, 0.6) is 0 Å². The Morgan fingerprint density at radius 3 is 2.41 bits per heavy atom. The third kappa shape index (κ3) is 2.69. The fraction of sp³-hybridized carbons (Fsp3) is 0.231. The number of aromatic nitrogens is 1. The molecule has 0 atom stereocenters. The zero-order valence-corrected chi connectivity index (χ0v) is 11.4. The summed E-state index contributed by atoms with van der Waals surface area (Å²) >= 11 is 3.14. The third-order valence-corrected chi connectivity index (χ3v) is 3.34. The number of aryl methyl sites for hydroxylation is 2. The Labute approximate surface area is 109 Å². The molecule has 4 heteroatoms. The van der Waals surface area contributed by atoms with Crippen LogP contribution in [0, 0.1) is 19.7 Å². The SMILES string of the molecule is Cc1ccc(C)n1NCc1ccc(Br)c(F)c1. The molecule has 1 heterocycles. The highest BCUT2D eigenvalue weighted by atomic mass is 79.9. The summed E-state index contributed by atoms with van der Waals surface area (Å²) < 4.78 is 15.8. The van der Waals surface area contributed by atoms with Crippen LogP contribution in [0.3, 0.4) is 0 Å². The van der Waals surface area contributed by atoms with Gasteiger partial charge in [-0.15, -0.1) is 0 Å². The van der Waals surface area contributed by atoms with Gasteiger partial charge < -0.3 is 5.43 Å². The van der Waals surface area contributed by atoms with Gasteiger partial charge in [0.2, 0.25) is 0 Å². The molecule has 90 valence electrons. The van der Waals surface area contributed by atoms with E-state index in [-0.39, 0.29) is 5.82 Å². The number of hydrogen-bond acceptors (Lipinski definition) is 1. The summed E-state index contributed by atoms with van der Waals surface area (Å²) in [5.41, 5.74) is 6.45. The van der Waals surface area contributed by atoms with Crippen molar-refractivity contribution in [1.29, 1.82) is 0 Å². The van der Waals surface area contributed by atoms with Gasteiger partial charge in [0, 0.05) is 11.4 Å². The molecule has 0 amide bonds. The molecule has 1 N–H and O–H groups in total. The van der Waals surface area contributed by atoms with Crippen LogP contribution in [0.2, 0.25) is 0 Å². The van der Waals surface area contributed by atoms with Gasteiger partial charge in [-0.2, -0.15) is 0 Å². The van der Waals surface area contributed by atoms with Crippen LogP contribution in [0.1, 0.15) is 17.0 Å². The smallest absolute Gasteiger partial charge is 0.137 e. The average molecular weight is 297 g/mol. The summed E-state index contributed by atoms with van der Waals surface area (Å²) in [7, 11) is 0. The van der Waals surface area contributed by atoms with E-state index in [0.717, 1.165) is 17.0 Å². The Bertz CT molecular complexity index is 515. The van der Waals surface area contributed by atoms with E-state index in [4.69, 9.17) is 0 Å². The van der Waals surface area contributed by atoms with Gasteiger partial charge in [-0.3, -0.25) is 4.68 Å². The van der Waals surface area contributed by atoms with E-state index in [1.807, 2.05) is 36.7 Å². The predicted molar refractivity (Wildman–Crippen MR) is 71.1 cm³/mol. The Hall–Kier alpha value is -1.29. The molecule has 0 fully saturated rings. The molecule has 17 heavy (non-hydrogen) atoms. The molecular formula is C13H14BrFN2. The summed E-state index contributed by atoms with van der Waals surface area (Å²) in [6.45, 7) is 4.66. The van der Waals surface area contributed by atoms with E-state index in [0.29, 0.717) is 11.0 Å². The molecule has 0 unspecified atom stereocenters. The molecule has 0 aliphatic rings. The molecule has 0 aliphatic heterocycles. The first kappa shape index (κ1) is 12.2. The van der Waals surface area contributed by atoms with Crippen LogP contribution in [-0.2, 0) is 6.54 Å². The molecule has 0 bridgehead atoms. The van der Waals surface area contributed by atoms with Gasteiger partial charge in [-0.1, -0.05) is 6.07 Å². The van der Waals surface area contributed by atoms with E-state index in [1.165, 1.54) is 6.07 Å². The minimum Gasteiger partial charge on any atom is -0.322 e. The Morgan fingerprint density at radius 2 is 1.82 bits per heavy atom. The summed E-state index contributed by atoms with van der Waals surface area (Å²) in [5.74, 6) is -0.231. The molecule has 0 spiro atoms. The summed E-state index contributed by atoms with van der Waals surface area (Å²) in [6, 6.07) is 9.25. The van der Waals surface area contributed by atoms with Gasteiger partial charge in [-0.25, -0.2) is 4.39 Å². The molecular weight excluding hydrogens is 283 g/mol. The zero-order valence-electron chi connectivity index (χ0n) is 9.80. The van der Waals surface area contributed by atoms with Gasteiger partial charge in [0.1, 0.15) is 5.82 Å². The highest BCUT2D eigenvalue weighted by molar-refractivity contribution is 9.10. The Morgan fingerprint density at radius 1 is 1.18 bits per heavy atom. The molecule has 1 aromatic heterocycles. The van der Waals surface area contributed by atoms with Crippen molar-refractivity contribution >= 4 is 15.9 Å². The number of hydrogen-bond donors (Lipinski definition) is 1. The van der Waals surface area contributed by atoms with Crippen LogP contribution < -0.4 is 5.43 Å². The first-order valence-corrected chi connectivity index (χ1v) is 6.20. The largest absolute Gasteiger partial charge is 0.322 e. The second-order valence-electron chi connectivity index (χ2n) is 4.03. The second kappa shape index (κ2) is 4.92. The van der Waals surface area contributed by atoms with Crippen LogP contribution >= 0.6 is 15.9 Å². The molecule has 0 saturated carbocycles. The third-order valence-electron chi connectivity index (χ3n) is 2.70. The molecule has 0 aliphatic carbocycles. The standard InChI is InChI=1S/C13H14BrFN2/c1-9-3-4-10(2)17(9)16-8-11-5-6-12(14)13(15)7-11/h3-7,16H,8H2,1-2H3. The van der Waals surface area contributed by atoms with Crippen molar-refractivity contribution in [2.75, 3.05) is 5.43 Å². The van der Waals surface area contributed by atoms with Crippen molar-refractivity contribution in [2.45, 2.75) is 20.4 Å². The van der Waals surface area contributed by atoms with Crippen molar-refractivity contribution in [3.8, 4) is 0 Å². The number of rotatable bonds is 3. The Kier molecular flexibility index (Phi) is 3.52. The number of nitrogens with zero attached hydrogens (tertiary/aromatic N) is 1. The summed E-state index contributed by atoms with van der Waals surface area (Å²) in [4.78, 5) is 0. The maximum atomic E-state index is 13.3. The molecule has 2 rings (SSSR count). The highest BCUT2D eigenvalue weighted by Gasteiger charge is 2.02. The lowest BCUT2D eigenvalue weighted by atomic mass is 10.2. The quantitative estimate of drug-likeness (QED) is 0.913. The van der Waals surface area contributed by atoms with Gasteiger partial charge in [0.15, 0.2) is 0 Å². The van der Waals surface area contributed by atoms with Crippen molar-refractivity contribution in [3.05, 3.63) is 57.6 Å². The zero-order chi connectivity index (χ0) is 12.4. The minimum atomic E-state index is -0.231. The predicted octanol–water partition coefficient (Wildman–Crippen LogP) is 3.75. The lowest BCUT2D eigenvalue weighted by molar-refractivity contribution is 0.618. The van der Waals surface area contributed by atoms with Gasteiger partial charge in [0.25, 0.3) is 0 Å². The monoisotopic (exact) mass is 296 g/mol. The second-order valence-corrected chi connectivity index (χ2v) is 4.89. The molecule has 0 saturated heterocycles. The maximum Gasteiger partial charge on any atom is 0.137 e. The van der Waals surface area contributed by atoms with E-state index < -0.39 is 0 Å². The van der Waals surface area contributed by atoms with Crippen molar-refractivity contribution in [2.24, 2.45) is 0 Å². The van der Waals surface area contributed by atoms with Crippen molar-refractivity contribution in [3.63, 3.8) is 0 Å². The van der Waals surface area contributed by atoms with E-state index >= 15 is 0 Å². The first-order chi connectivity index (χ1) is 8.08. The number of halogens is 2. The number of benzene rings is 1. The van der Waals surface area contributed by atoms with E-state index in [9.17, 15) is 4.39 Å². The van der Waals surface area contributed by atoms with Crippen LogP contribution in [0.25, 0.3) is 0 Å². The molecule has 0 radical (unpaired) electrons. The van der Waals surface area contributed by atoms with Gasteiger partial charge in [0.05, 0.1) is 11.0 Å². The first-order valence-electron chi connectivity index (χ1n) is 5.40. The van der Waals surface area contributed by atoms with Crippen molar-refractivity contribution < 1.29 is 4.39 Å². The van der Waals surface area contributed by atoms with E-state index in [1.54, 1.807) is 6.07 Å². The number of nitrogens with one attached hydrogen (secondary N) is 1. The van der Waals surface area contributed by atoms with Gasteiger partial charge in [-0.05, 0) is 59.6 Å². The lowest BCUT2D eigenvalue weighted by Gasteiger charge is -2.12. The average Bonchev–Trinajstić information content (AvgIpc) is 2.61. The minimum absolute atomic E-state index is 0.231. The topological polar surface area (TPSA) is 17.0 Å². The molecule has 2 aromatic rings. The molecule has 2 nitrogen and oxygen atoms in total. The summed E-state index contributed by atoms with van der Waals surface area (Å²) in [6.07, 6.45) is 0. The van der Waals surface area contributed by atoms with Crippen molar-refractivity contribution in [1.82, 2.24) is 4.68 Å². The van der Waals surface area contributed by atoms with Gasteiger partial charge >= 0.3 is 0 Å². The van der Waals surface area contributed by atoms with Crippen LogP contribution in [-0.4, -0.2) is 4.68 Å². The maximum absolute atomic E-state index is 13.3. The lowest BCUT2D eigenvalue weighted by Crippen LogP contribution is -2.16. The summed E-state index contributed by atoms with van der Waals surface area (Å²) in [5, 5.41) is 0. The van der Waals surface area contributed by atoms with E-state index in [2.05, 4.69) is 21.4 Å². The fourth-order valence-corrected chi connectivity index (χ4v) is 1.98. The Balaban J connectivity index is 2.10. The molecule has 1 aromatic carbocycles. The fourth-order valence-electron chi connectivity index (χ4n) is 1.74. The normalized spacial score (nSPS) is 10.6. The van der Waals surface area contributed by atoms with Crippen LogP contribution in [0.15, 0.2) is 34.8 Å².